The normalized spacial score (nSPS) is 14.4. The van der Waals surface area contributed by atoms with E-state index in [9.17, 15) is 9.36 Å². The third kappa shape index (κ3) is 2.47. The summed E-state index contributed by atoms with van der Waals surface area (Å²) >= 11 is 0. The molecule has 0 amide bonds. The van der Waals surface area contributed by atoms with E-state index in [-0.39, 0.29) is 0 Å². The highest BCUT2D eigenvalue weighted by Crippen LogP contribution is 2.41. The highest BCUT2D eigenvalue weighted by atomic mass is 31.2. The molecule has 2 N–H and O–H groups in total. The molecule has 0 aromatic carbocycles. The van der Waals surface area contributed by atoms with Crippen molar-refractivity contribution in [3.05, 3.63) is 0 Å². The molecule has 0 fully saturated rings. The number of carbonyl (C=O) groups excluding carboxylic acids is 1. The van der Waals surface area contributed by atoms with Crippen molar-refractivity contribution >= 4 is 13.6 Å². The van der Waals surface area contributed by atoms with Crippen LogP contribution in [0.2, 0.25) is 0 Å². The van der Waals surface area contributed by atoms with Gasteiger partial charge in [-0.3, -0.25) is 9.36 Å². The third-order valence-electron chi connectivity index (χ3n) is 1.05. The molecular weight excluding hydrogens is 159 g/mol. The number of hydrogen-bond acceptors (Lipinski definition) is 3. The van der Waals surface area contributed by atoms with Crippen molar-refractivity contribution in [1.82, 2.24) is 0 Å². The van der Waals surface area contributed by atoms with E-state index in [2.05, 4.69) is 4.74 Å². The second-order valence-electron chi connectivity index (χ2n) is 1.79. The third-order valence-corrected chi connectivity index (χ3v) is 2.27. The lowest BCUT2D eigenvalue weighted by Crippen LogP contribution is -2.18. The van der Waals surface area contributed by atoms with Gasteiger partial charge in [0.1, 0.15) is 0 Å². The average Bonchev–Trinajstić information content (AvgIpc) is 1.83. The average molecular weight is 168 g/mol. The first kappa shape index (κ1) is 9.62. The SMILES string of the molecule is COC(=O)C(C)P(=O)(O)O. The molecule has 60 valence electrons. The molecule has 0 spiro atoms. The Morgan fingerprint density at radius 2 is 2.00 bits per heavy atom. The second-order valence-corrected chi connectivity index (χ2v) is 3.74. The molecule has 0 saturated heterocycles. The van der Waals surface area contributed by atoms with Crippen LogP contribution in [-0.2, 0) is 14.1 Å². The van der Waals surface area contributed by atoms with Crippen LogP contribution in [0, 0.1) is 0 Å². The van der Waals surface area contributed by atoms with Gasteiger partial charge in [-0.05, 0) is 6.92 Å². The Hall–Kier alpha value is -0.380. The lowest BCUT2D eigenvalue weighted by Gasteiger charge is -2.09. The molecule has 0 rings (SSSR count). The van der Waals surface area contributed by atoms with Gasteiger partial charge >= 0.3 is 13.6 Å². The molecule has 0 radical (unpaired) electrons. The minimum absolute atomic E-state index is 0.895. The first-order chi connectivity index (χ1) is 4.39. The molecule has 10 heavy (non-hydrogen) atoms. The highest BCUT2D eigenvalue weighted by Gasteiger charge is 2.31. The molecule has 0 aliphatic carbocycles. The quantitative estimate of drug-likeness (QED) is 0.437. The Kier molecular flexibility index (Phi) is 3.02. The van der Waals surface area contributed by atoms with Crippen molar-refractivity contribution in [2.24, 2.45) is 0 Å². The van der Waals surface area contributed by atoms with E-state index in [0.717, 1.165) is 14.0 Å². The predicted octanol–water partition coefficient (Wildman–Crippen LogP) is -0.274. The minimum atomic E-state index is -4.30. The zero-order valence-corrected chi connectivity index (χ0v) is 6.54. The van der Waals surface area contributed by atoms with Gasteiger partial charge in [0.2, 0.25) is 0 Å². The smallest absolute Gasteiger partial charge is 0.339 e. The highest BCUT2D eigenvalue weighted by molar-refractivity contribution is 7.53. The van der Waals surface area contributed by atoms with Crippen LogP contribution in [-0.4, -0.2) is 28.5 Å². The maximum absolute atomic E-state index is 10.4. The number of hydrogen-bond donors (Lipinski definition) is 2. The molecule has 1 atom stereocenters. The van der Waals surface area contributed by atoms with Gasteiger partial charge in [0.05, 0.1) is 7.11 Å². The molecule has 0 aliphatic rings. The largest absolute Gasteiger partial charge is 0.468 e. The first-order valence-corrected chi connectivity index (χ1v) is 4.20. The van der Waals surface area contributed by atoms with Crippen molar-refractivity contribution in [2.75, 3.05) is 7.11 Å². The summed E-state index contributed by atoms with van der Waals surface area (Å²) in [6.07, 6.45) is 0. The summed E-state index contributed by atoms with van der Waals surface area (Å²) in [4.78, 5) is 27.2. The molecule has 0 aromatic heterocycles. The second kappa shape index (κ2) is 3.14. The van der Waals surface area contributed by atoms with Crippen LogP contribution < -0.4 is 0 Å². The number of ether oxygens (including phenoxy) is 1. The van der Waals surface area contributed by atoms with Crippen molar-refractivity contribution in [3.63, 3.8) is 0 Å². The Morgan fingerprint density at radius 3 is 2.10 bits per heavy atom. The maximum Gasteiger partial charge on any atom is 0.339 e. The Bertz CT molecular complexity index is 170. The van der Waals surface area contributed by atoms with Crippen molar-refractivity contribution in [1.29, 1.82) is 0 Å². The van der Waals surface area contributed by atoms with Gasteiger partial charge in [-0.1, -0.05) is 0 Å². The zero-order chi connectivity index (χ0) is 8.36. The van der Waals surface area contributed by atoms with Crippen LogP contribution in [0.15, 0.2) is 0 Å². The summed E-state index contributed by atoms with van der Waals surface area (Å²) in [5.41, 5.74) is -1.36. The molecule has 0 saturated carbocycles. The topological polar surface area (TPSA) is 83.8 Å². The van der Waals surface area contributed by atoms with Crippen molar-refractivity contribution in [3.8, 4) is 0 Å². The van der Waals surface area contributed by atoms with Gasteiger partial charge < -0.3 is 14.5 Å². The van der Waals surface area contributed by atoms with Gasteiger partial charge in [-0.2, -0.15) is 0 Å². The maximum atomic E-state index is 10.4. The van der Waals surface area contributed by atoms with Crippen LogP contribution in [0.4, 0.5) is 0 Å². The Balaban J connectivity index is 4.23. The minimum Gasteiger partial charge on any atom is -0.468 e. The van der Waals surface area contributed by atoms with Crippen LogP contribution in [0.5, 0.6) is 0 Å². The summed E-state index contributed by atoms with van der Waals surface area (Å²) in [7, 11) is -3.23. The summed E-state index contributed by atoms with van der Waals surface area (Å²) in [6, 6.07) is 0. The standard InChI is InChI=1S/C4H9O5P/c1-3(4(5)9-2)10(6,7)8/h3H,1-2H3,(H2,6,7,8). The molecule has 0 aromatic rings. The van der Waals surface area contributed by atoms with E-state index in [1.807, 2.05) is 0 Å². The van der Waals surface area contributed by atoms with E-state index in [1.54, 1.807) is 0 Å². The van der Waals surface area contributed by atoms with Crippen molar-refractivity contribution in [2.45, 2.75) is 12.6 Å². The molecule has 0 aliphatic heterocycles. The number of methoxy groups -OCH3 is 1. The van der Waals surface area contributed by atoms with E-state index in [0.29, 0.717) is 0 Å². The van der Waals surface area contributed by atoms with Crippen LogP contribution in [0.3, 0.4) is 0 Å². The fourth-order valence-corrected chi connectivity index (χ4v) is 0.688. The Labute approximate surface area is 58.2 Å². The monoisotopic (exact) mass is 168 g/mol. The predicted molar refractivity (Wildman–Crippen MR) is 33.5 cm³/mol. The summed E-state index contributed by atoms with van der Waals surface area (Å²) in [6.45, 7) is 1.12. The van der Waals surface area contributed by atoms with Crippen LogP contribution in [0.1, 0.15) is 6.92 Å². The van der Waals surface area contributed by atoms with Crippen LogP contribution in [0.25, 0.3) is 0 Å². The van der Waals surface area contributed by atoms with E-state index in [1.165, 1.54) is 0 Å². The fraction of sp³-hybridized carbons (Fsp3) is 0.750. The van der Waals surface area contributed by atoms with Gasteiger partial charge in [0.15, 0.2) is 5.66 Å². The lowest BCUT2D eigenvalue weighted by molar-refractivity contribution is -0.140. The molecule has 1 unspecified atom stereocenters. The van der Waals surface area contributed by atoms with Gasteiger partial charge in [-0.15, -0.1) is 0 Å². The molecule has 6 heteroatoms. The summed E-state index contributed by atoms with van der Waals surface area (Å²) in [5, 5.41) is 0. The molecule has 5 nitrogen and oxygen atoms in total. The van der Waals surface area contributed by atoms with E-state index < -0.39 is 19.2 Å². The number of carbonyl (C=O) groups is 1. The summed E-state index contributed by atoms with van der Waals surface area (Å²) in [5.74, 6) is -0.895. The van der Waals surface area contributed by atoms with Gasteiger partial charge in [-0.25, -0.2) is 0 Å². The zero-order valence-electron chi connectivity index (χ0n) is 5.64. The van der Waals surface area contributed by atoms with E-state index in [4.69, 9.17) is 9.79 Å². The lowest BCUT2D eigenvalue weighted by atomic mass is 10.5. The summed E-state index contributed by atoms with van der Waals surface area (Å²) < 4.78 is 14.4. The molecular formula is C4H9O5P. The van der Waals surface area contributed by atoms with Gasteiger partial charge in [0.25, 0.3) is 0 Å². The number of esters is 1. The molecule has 0 bridgehead atoms. The Morgan fingerprint density at radius 1 is 1.60 bits per heavy atom. The number of rotatable bonds is 2. The fourth-order valence-electron chi connectivity index (χ4n) is 0.308. The van der Waals surface area contributed by atoms with Gasteiger partial charge in [0, 0.05) is 0 Å². The first-order valence-electron chi connectivity index (χ1n) is 2.52. The van der Waals surface area contributed by atoms with E-state index >= 15 is 0 Å². The molecule has 0 heterocycles. The van der Waals surface area contributed by atoms with Crippen molar-refractivity contribution < 1.29 is 23.9 Å². The van der Waals surface area contributed by atoms with Crippen LogP contribution >= 0.6 is 7.60 Å².